The maximum atomic E-state index is 8.31. The number of rotatable bonds is 6. The summed E-state index contributed by atoms with van der Waals surface area (Å²) in [5.41, 5.74) is 5.89. The topological polar surface area (TPSA) is 70.6 Å². The third kappa shape index (κ3) is 3.54. The number of hydrogen-bond acceptors (Lipinski definition) is 3. The number of amidine groups is 1. The fourth-order valence-corrected chi connectivity index (χ4v) is 1.79. The Morgan fingerprint density at radius 3 is 2.79 bits per heavy atom. The lowest BCUT2D eigenvalue weighted by atomic mass is 9.70. The molecule has 0 bridgehead atoms. The van der Waals surface area contributed by atoms with Gasteiger partial charge in [0, 0.05) is 13.0 Å². The first-order valence-electron chi connectivity index (χ1n) is 5.33. The molecule has 1 rings (SSSR count). The minimum absolute atomic E-state index is 0.321. The Kier molecular flexibility index (Phi) is 4.20. The van der Waals surface area contributed by atoms with Gasteiger partial charge in [0.2, 0.25) is 0 Å². The van der Waals surface area contributed by atoms with E-state index in [4.69, 9.17) is 10.9 Å². The highest BCUT2D eigenvalue weighted by Crippen LogP contribution is 2.39. The van der Waals surface area contributed by atoms with Gasteiger partial charge in [-0.15, -0.1) is 0 Å². The predicted octanol–water partition coefficient (Wildman–Crippen LogP) is 1.29. The summed E-state index contributed by atoms with van der Waals surface area (Å²) in [7, 11) is 0. The minimum atomic E-state index is 0.321. The molecule has 0 aliphatic heterocycles. The van der Waals surface area contributed by atoms with E-state index in [0.717, 1.165) is 19.5 Å². The lowest BCUT2D eigenvalue weighted by Crippen LogP contribution is -2.37. The summed E-state index contributed by atoms with van der Waals surface area (Å²) in [6.45, 7) is 4.38. The number of nitrogens with zero attached hydrogens (tertiary/aromatic N) is 1. The van der Waals surface area contributed by atoms with E-state index in [1.807, 2.05) is 0 Å². The van der Waals surface area contributed by atoms with Gasteiger partial charge in [0.1, 0.15) is 5.84 Å². The summed E-state index contributed by atoms with van der Waals surface area (Å²) in [4.78, 5) is 0. The molecule has 14 heavy (non-hydrogen) atoms. The molecule has 0 saturated heterocycles. The third-order valence-corrected chi connectivity index (χ3v) is 3.03. The van der Waals surface area contributed by atoms with Crippen molar-refractivity contribution >= 4 is 5.84 Å². The van der Waals surface area contributed by atoms with E-state index in [9.17, 15) is 0 Å². The van der Waals surface area contributed by atoms with E-state index < -0.39 is 0 Å². The molecule has 0 amide bonds. The van der Waals surface area contributed by atoms with Crippen LogP contribution < -0.4 is 11.1 Å². The Hall–Kier alpha value is -0.770. The second kappa shape index (κ2) is 5.20. The van der Waals surface area contributed by atoms with Crippen LogP contribution in [-0.2, 0) is 0 Å². The van der Waals surface area contributed by atoms with Gasteiger partial charge in [0.05, 0.1) is 0 Å². The monoisotopic (exact) mass is 199 g/mol. The summed E-state index contributed by atoms with van der Waals surface area (Å²) < 4.78 is 0. The molecule has 0 aromatic rings. The molecule has 0 unspecified atom stereocenters. The second-order valence-corrected chi connectivity index (χ2v) is 4.54. The fraction of sp³-hybridized carbons (Fsp3) is 0.900. The summed E-state index contributed by atoms with van der Waals surface area (Å²) in [6, 6.07) is 0. The minimum Gasteiger partial charge on any atom is -0.409 e. The zero-order chi connectivity index (χ0) is 10.4. The Bertz CT molecular complexity index is 200. The molecule has 1 fully saturated rings. The second-order valence-electron chi connectivity index (χ2n) is 4.54. The first-order chi connectivity index (χ1) is 6.66. The van der Waals surface area contributed by atoms with Crippen molar-refractivity contribution in [3.63, 3.8) is 0 Å². The zero-order valence-electron chi connectivity index (χ0n) is 8.92. The maximum absolute atomic E-state index is 8.31. The normalized spacial score (nSPS) is 20.5. The molecular weight excluding hydrogens is 178 g/mol. The van der Waals surface area contributed by atoms with Crippen molar-refractivity contribution in [1.29, 1.82) is 0 Å². The van der Waals surface area contributed by atoms with Gasteiger partial charge in [-0.1, -0.05) is 18.5 Å². The lowest BCUT2D eigenvalue weighted by molar-refractivity contribution is 0.157. The zero-order valence-corrected chi connectivity index (χ0v) is 8.92. The molecule has 0 aromatic heterocycles. The molecule has 0 heterocycles. The molecule has 4 nitrogen and oxygen atoms in total. The Labute approximate surface area is 85.6 Å². The third-order valence-electron chi connectivity index (χ3n) is 3.03. The molecule has 1 aliphatic carbocycles. The van der Waals surface area contributed by atoms with Gasteiger partial charge in [-0.2, -0.15) is 0 Å². The molecule has 1 aliphatic rings. The van der Waals surface area contributed by atoms with Crippen molar-refractivity contribution < 1.29 is 5.21 Å². The van der Waals surface area contributed by atoms with E-state index in [1.54, 1.807) is 0 Å². The predicted molar refractivity (Wildman–Crippen MR) is 57.5 cm³/mol. The van der Waals surface area contributed by atoms with Gasteiger partial charge >= 0.3 is 0 Å². The van der Waals surface area contributed by atoms with Crippen molar-refractivity contribution in [3.8, 4) is 0 Å². The van der Waals surface area contributed by atoms with Crippen molar-refractivity contribution in [2.24, 2.45) is 16.3 Å². The van der Waals surface area contributed by atoms with E-state index in [1.165, 1.54) is 19.3 Å². The average Bonchev–Trinajstić information content (AvgIpc) is 2.14. The van der Waals surface area contributed by atoms with Crippen LogP contribution in [0.15, 0.2) is 5.16 Å². The maximum Gasteiger partial charge on any atom is 0.139 e. The van der Waals surface area contributed by atoms with Crippen molar-refractivity contribution in [1.82, 2.24) is 5.32 Å². The first-order valence-corrected chi connectivity index (χ1v) is 5.33. The summed E-state index contributed by atoms with van der Waals surface area (Å²) in [6.07, 6.45) is 5.68. The summed E-state index contributed by atoms with van der Waals surface area (Å²) >= 11 is 0. The SMILES string of the molecule is CC1(CNCCCC(N)=NO)CCC1. The molecule has 0 spiro atoms. The van der Waals surface area contributed by atoms with Crippen LogP contribution in [0.25, 0.3) is 0 Å². The molecule has 0 atom stereocenters. The quantitative estimate of drug-likeness (QED) is 0.198. The Balaban J connectivity index is 1.94. The van der Waals surface area contributed by atoms with Crippen LogP contribution in [0.2, 0.25) is 0 Å². The molecule has 4 heteroatoms. The van der Waals surface area contributed by atoms with Crippen LogP contribution in [0.5, 0.6) is 0 Å². The van der Waals surface area contributed by atoms with Crippen LogP contribution in [0.3, 0.4) is 0 Å². The Morgan fingerprint density at radius 2 is 2.29 bits per heavy atom. The van der Waals surface area contributed by atoms with Crippen molar-refractivity contribution in [2.75, 3.05) is 13.1 Å². The fourth-order valence-electron chi connectivity index (χ4n) is 1.79. The summed E-state index contributed by atoms with van der Waals surface area (Å²) in [5.74, 6) is 0.321. The van der Waals surface area contributed by atoms with Crippen LogP contribution in [0, 0.1) is 5.41 Å². The first kappa shape index (κ1) is 11.3. The van der Waals surface area contributed by atoms with Gasteiger partial charge in [-0.3, -0.25) is 0 Å². The molecule has 0 radical (unpaired) electrons. The van der Waals surface area contributed by atoms with E-state index >= 15 is 0 Å². The van der Waals surface area contributed by atoms with Crippen LogP contribution in [0.1, 0.15) is 39.0 Å². The Morgan fingerprint density at radius 1 is 1.57 bits per heavy atom. The summed E-state index contributed by atoms with van der Waals surface area (Å²) in [5, 5.41) is 14.7. The lowest BCUT2D eigenvalue weighted by Gasteiger charge is -2.38. The van der Waals surface area contributed by atoms with Gasteiger partial charge in [0.25, 0.3) is 0 Å². The number of oxime groups is 1. The van der Waals surface area contributed by atoms with Gasteiger partial charge in [0.15, 0.2) is 0 Å². The largest absolute Gasteiger partial charge is 0.409 e. The number of hydrogen-bond donors (Lipinski definition) is 3. The van der Waals surface area contributed by atoms with Gasteiger partial charge in [-0.25, -0.2) is 0 Å². The van der Waals surface area contributed by atoms with Gasteiger partial charge < -0.3 is 16.3 Å². The molecule has 1 saturated carbocycles. The molecule has 0 aromatic carbocycles. The van der Waals surface area contributed by atoms with Crippen molar-refractivity contribution in [3.05, 3.63) is 0 Å². The molecule has 82 valence electrons. The van der Waals surface area contributed by atoms with Crippen LogP contribution in [-0.4, -0.2) is 24.1 Å². The standard InChI is InChI=1S/C10H21N3O/c1-10(5-3-6-10)8-12-7-2-4-9(11)13-14/h12,14H,2-8H2,1H3,(H2,11,13). The molecule has 4 N–H and O–H groups in total. The highest BCUT2D eigenvalue weighted by Gasteiger charge is 2.30. The average molecular weight is 199 g/mol. The van der Waals surface area contributed by atoms with Crippen molar-refractivity contribution in [2.45, 2.75) is 39.0 Å². The van der Waals surface area contributed by atoms with E-state index in [2.05, 4.69) is 17.4 Å². The van der Waals surface area contributed by atoms with Crippen LogP contribution in [0.4, 0.5) is 0 Å². The number of nitrogens with one attached hydrogen (secondary N) is 1. The van der Waals surface area contributed by atoms with Gasteiger partial charge in [-0.05, 0) is 31.2 Å². The highest BCUT2D eigenvalue weighted by atomic mass is 16.4. The van der Waals surface area contributed by atoms with E-state index in [-0.39, 0.29) is 0 Å². The molecular formula is C10H21N3O. The smallest absolute Gasteiger partial charge is 0.139 e. The van der Waals surface area contributed by atoms with E-state index in [0.29, 0.717) is 17.7 Å². The van der Waals surface area contributed by atoms with Crippen LogP contribution >= 0.6 is 0 Å². The number of nitrogens with two attached hydrogens (primary N) is 1. The highest BCUT2D eigenvalue weighted by molar-refractivity contribution is 5.79.